The Morgan fingerprint density at radius 2 is 1.60 bits per heavy atom. The molecule has 3 aromatic rings. The van der Waals surface area contributed by atoms with E-state index < -0.39 is 56.9 Å². The quantitative estimate of drug-likeness (QED) is 0.260. The fourth-order valence-electron chi connectivity index (χ4n) is 4.27. The van der Waals surface area contributed by atoms with E-state index in [0.29, 0.717) is 16.8 Å². The van der Waals surface area contributed by atoms with Crippen LogP contribution < -0.4 is 9.62 Å². The highest BCUT2D eigenvalue weighted by Gasteiger charge is 2.37. The fourth-order valence-corrected chi connectivity index (χ4v) is 5.90. The van der Waals surface area contributed by atoms with Gasteiger partial charge in [0, 0.05) is 12.6 Å². The third-order valence-electron chi connectivity index (χ3n) is 7.20. The molecule has 3 aromatic carbocycles. The first-order chi connectivity index (χ1) is 20.1. The number of hydrogen-bond acceptors (Lipinski definition) is 4. The number of alkyl halides is 3. The lowest BCUT2D eigenvalue weighted by molar-refractivity contribution is -0.139. The highest BCUT2D eigenvalue weighted by molar-refractivity contribution is 7.92. The lowest BCUT2D eigenvalue weighted by atomic mass is 10.1. The van der Waals surface area contributed by atoms with E-state index >= 15 is 0 Å². The second-order valence-electron chi connectivity index (χ2n) is 10.4. The van der Waals surface area contributed by atoms with Crippen molar-refractivity contribution in [3.8, 4) is 0 Å². The number of carbonyl (C=O) groups excluding carboxylic acids is 2. The van der Waals surface area contributed by atoms with Crippen LogP contribution >= 0.6 is 11.6 Å². The van der Waals surface area contributed by atoms with Gasteiger partial charge in [-0.25, -0.2) is 8.42 Å². The fraction of sp³-hybridized carbons (Fsp3) is 0.355. The van der Waals surface area contributed by atoms with Gasteiger partial charge in [0.05, 0.1) is 21.2 Å². The molecule has 0 aliphatic rings. The molecule has 0 aromatic heterocycles. The normalized spacial score (nSPS) is 13.2. The zero-order valence-corrected chi connectivity index (χ0v) is 26.1. The third kappa shape index (κ3) is 8.29. The number of hydrogen-bond donors (Lipinski definition) is 1. The topological polar surface area (TPSA) is 86.8 Å². The van der Waals surface area contributed by atoms with E-state index in [1.165, 1.54) is 24.0 Å². The summed E-state index contributed by atoms with van der Waals surface area (Å²) < 4.78 is 69.8. The summed E-state index contributed by atoms with van der Waals surface area (Å²) in [6.07, 6.45) is -4.24. The van der Waals surface area contributed by atoms with Gasteiger partial charge in [0.2, 0.25) is 11.8 Å². The van der Waals surface area contributed by atoms with Crippen LogP contribution in [-0.2, 0) is 32.3 Å². The van der Waals surface area contributed by atoms with Crippen molar-refractivity contribution in [2.24, 2.45) is 0 Å². The zero-order valence-electron chi connectivity index (χ0n) is 24.6. The molecule has 0 saturated heterocycles. The van der Waals surface area contributed by atoms with Gasteiger partial charge in [-0.1, -0.05) is 60.5 Å². The summed E-state index contributed by atoms with van der Waals surface area (Å²) >= 11 is 5.82. The van der Waals surface area contributed by atoms with E-state index in [4.69, 9.17) is 11.6 Å². The Bertz CT molecular complexity index is 1560. The summed E-state index contributed by atoms with van der Waals surface area (Å²) in [6.45, 7) is 7.91. The standard InChI is InChI=1S/C31H35ClF3N3O4S/c1-6-22(4)36-30(40)23(5)37(18-24-10-8-7-9-21(24)3)29(39)19-38(43(41,42)26-14-11-20(2)12-15-26)25-13-16-28(32)27(17-25)31(33,34)35/h7-17,22-23H,6,18-19H2,1-5H3,(H,36,40). The van der Waals surface area contributed by atoms with E-state index in [-0.39, 0.29) is 17.5 Å². The minimum absolute atomic E-state index is 0.0343. The van der Waals surface area contributed by atoms with E-state index in [9.17, 15) is 31.2 Å². The van der Waals surface area contributed by atoms with E-state index in [1.807, 2.05) is 32.9 Å². The Kier molecular flexibility index (Phi) is 10.9. The number of rotatable bonds is 11. The molecule has 0 spiro atoms. The Morgan fingerprint density at radius 3 is 2.19 bits per heavy atom. The largest absolute Gasteiger partial charge is 0.417 e. The molecule has 3 rings (SSSR count). The molecule has 0 bridgehead atoms. The summed E-state index contributed by atoms with van der Waals surface area (Å²) in [4.78, 5) is 28.2. The van der Waals surface area contributed by atoms with Gasteiger partial charge in [-0.3, -0.25) is 13.9 Å². The highest BCUT2D eigenvalue weighted by Crippen LogP contribution is 2.38. The molecule has 0 saturated carbocycles. The number of nitrogens with zero attached hydrogens (tertiary/aromatic N) is 2. The summed E-state index contributed by atoms with van der Waals surface area (Å²) in [6, 6.07) is 14.4. The van der Waals surface area contributed by atoms with Crippen LogP contribution in [0.15, 0.2) is 71.6 Å². The van der Waals surface area contributed by atoms with Crippen molar-refractivity contribution in [3.63, 3.8) is 0 Å². The molecule has 12 heteroatoms. The number of carbonyl (C=O) groups is 2. The molecule has 232 valence electrons. The van der Waals surface area contributed by atoms with E-state index in [0.717, 1.165) is 28.8 Å². The number of amides is 2. The maximum absolute atomic E-state index is 14.0. The molecule has 0 heterocycles. The van der Waals surface area contributed by atoms with Crippen molar-refractivity contribution < 1.29 is 31.2 Å². The maximum atomic E-state index is 14.0. The van der Waals surface area contributed by atoms with Gasteiger partial charge >= 0.3 is 6.18 Å². The summed E-state index contributed by atoms with van der Waals surface area (Å²) in [5, 5.41) is 2.22. The van der Waals surface area contributed by atoms with Crippen molar-refractivity contribution in [3.05, 3.63) is 94.0 Å². The van der Waals surface area contributed by atoms with Crippen LogP contribution in [0.5, 0.6) is 0 Å². The molecule has 2 atom stereocenters. The molecule has 43 heavy (non-hydrogen) atoms. The molecule has 2 amide bonds. The minimum atomic E-state index is -4.88. The number of sulfonamides is 1. The number of aryl methyl sites for hydroxylation is 2. The predicted octanol–water partition coefficient (Wildman–Crippen LogP) is 6.50. The van der Waals surface area contributed by atoms with Crippen LogP contribution in [0.25, 0.3) is 0 Å². The van der Waals surface area contributed by atoms with Crippen LogP contribution in [0.1, 0.15) is 49.4 Å². The third-order valence-corrected chi connectivity index (χ3v) is 9.32. The van der Waals surface area contributed by atoms with Gasteiger partial charge in [0.1, 0.15) is 12.6 Å². The summed E-state index contributed by atoms with van der Waals surface area (Å²) in [5.74, 6) is -1.23. The second-order valence-corrected chi connectivity index (χ2v) is 12.7. The molecule has 1 N–H and O–H groups in total. The lowest BCUT2D eigenvalue weighted by Gasteiger charge is -2.33. The van der Waals surface area contributed by atoms with Crippen LogP contribution in [0, 0.1) is 13.8 Å². The van der Waals surface area contributed by atoms with Crippen molar-refractivity contribution in [2.75, 3.05) is 10.8 Å². The second kappa shape index (κ2) is 13.8. The average molecular weight is 638 g/mol. The molecule has 7 nitrogen and oxygen atoms in total. The average Bonchev–Trinajstić information content (AvgIpc) is 2.94. The monoisotopic (exact) mass is 637 g/mol. The molecule has 0 fully saturated rings. The minimum Gasteiger partial charge on any atom is -0.352 e. The Hall–Kier alpha value is -3.57. The first-order valence-corrected chi connectivity index (χ1v) is 15.5. The van der Waals surface area contributed by atoms with Gasteiger partial charge in [-0.05, 0) is 75.6 Å². The summed E-state index contributed by atoms with van der Waals surface area (Å²) in [5.41, 5.74) is 0.668. The zero-order chi connectivity index (χ0) is 32.1. The van der Waals surface area contributed by atoms with Gasteiger partial charge < -0.3 is 10.2 Å². The number of halogens is 4. The van der Waals surface area contributed by atoms with Crippen LogP contribution in [0.3, 0.4) is 0 Å². The predicted molar refractivity (Wildman–Crippen MR) is 161 cm³/mol. The number of nitrogens with one attached hydrogen (secondary N) is 1. The lowest BCUT2D eigenvalue weighted by Crippen LogP contribution is -2.52. The van der Waals surface area contributed by atoms with Crippen molar-refractivity contribution in [2.45, 2.75) is 70.7 Å². The van der Waals surface area contributed by atoms with Crippen molar-refractivity contribution in [1.82, 2.24) is 10.2 Å². The molecule has 0 radical (unpaired) electrons. The first kappa shape index (κ1) is 33.9. The molecule has 0 aliphatic heterocycles. The van der Waals surface area contributed by atoms with Gasteiger partial charge in [-0.2, -0.15) is 13.2 Å². The van der Waals surface area contributed by atoms with E-state index in [2.05, 4.69) is 5.32 Å². The highest BCUT2D eigenvalue weighted by atomic mass is 35.5. The van der Waals surface area contributed by atoms with Crippen LogP contribution in [0.2, 0.25) is 5.02 Å². The van der Waals surface area contributed by atoms with Crippen LogP contribution in [0.4, 0.5) is 18.9 Å². The van der Waals surface area contributed by atoms with Crippen LogP contribution in [-0.4, -0.2) is 43.8 Å². The smallest absolute Gasteiger partial charge is 0.352 e. The van der Waals surface area contributed by atoms with Crippen molar-refractivity contribution in [1.29, 1.82) is 0 Å². The molecule has 0 aliphatic carbocycles. The summed E-state index contributed by atoms with van der Waals surface area (Å²) in [7, 11) is -4.55. The number of benzene rings is 3. The van der Waals surface area contributed by atoms with Crippen molar-refractivity contribution >= 4 is 39.1 Å². The van der Waals surface area contributed by atoms with E-state index in [1.54, 1.807) is 31.2 Å². The Morgan fingerprint density at radius 1 is 0.977 bits per heavy atom. The Balaban J connectivity index is 2.13. The maximum Gasteiger partial charge on any atom is 0.417 e. The number of anilines is 1. The molecular formula is C31H35ClF3N3O4S. The molecule has 2 unspecified atom stereocenters. The SMILES string of the molecule is CCC(C)NC(=O)C(C)N(Cc1ccccc1C)C(=O)CN(c1ccc(Cl)c(C(F)(F)F)c1)S(=O)(=O)c1ccc(C)cc1. The van der Waals surface area contributed by atoms with Gasteiger partial charge in [-0.15, -0.1) is 0 Å². The van der Waals surface area contributed by atoms with Gasteiger partial charge in [0.15, 0.2) is 0 Å². The molecular weight excluding hydrogens is 603 g/mol. The first-order valence-electron chi connectivity index (χ1n) is 13.7. The Labute approximate surface area is 255 Å². The van der Waals surface area contributed by atoms with Gasteiger partial charge in [0.25, 0.3) is 10.0 Å².